The maximum atomic E-state index is 13.0. The number of amides is 1. The van der Waals surface area contributed by atoms with E-state index < -0.39 is 31.8 Å². The van der Waals surface area contributed by atoms with Crippen LogP contribution in [0.25, 0.3) is 10.9 Å². The molecule has 0 bridgehead atoms. The Bertz CT molecular complexity index is 1560. The lowest BCUT2D eigenvalue weighted by atomic mass is 10.1. The third-order valence-electron chi connectivity index (χ3n) is 6.65. The number of hydrogen-bond donors (Lipinski definition) is 2. The molecule has 0 aliphatic rings. The van der Waals surface area contributed by atoms with E-state index in [1.165, 1.54) is 25.2 Å². The van der Waals surface area contributed by atoms with Crippen LogP contribution < -0.4 is 9.26 Å². The number of carbonyl (C=O) groups excluding carboxylic acids is 1. The van der Waals surface area contributed by atoms with Crippen molar-refractivity contribution < 1.29 is 41.2 Å². The summed E-state index contributed by atoms with van der Waals surface area (Å²) < 4.78 is 68.0. The minimum Gasteiger partial charge on any atom is -0.486 e. The van der Waals surface area contributed by atoms with E-state index in [0.717, 1.165) is 34.7 Å². The van der Waals surface area contributed by atoms with Crippen molar-refractivity contribution in [3.8, 4) is 11.5 Å². The van der Waals surface area contributed by atoms with Crippen LogP contribution in [0.5, 0.6) is 11.5 Å². The summed E-state index contributed by atoms with van der Waals surface area (Å²) in [5.74, 6) is 0.312. The molecule has 2 N–H and O–H groups in total. The summed E-state index contributed by atoms with van der Waals surface area (Å²) in [5.41, 5.74) is 1.51. The number of hydrogen-bond acceptors (Lipinski definition) is 6. The average Bonchev–Trinajstić information content (AvgIpc) is 3.38. The van der Waals surface area contributed by atoms with Gasteiger partial charge in [0.1, 0.15) is 17.6 Å². The lowest BCUT2D eigenvalue weighted by molar-refractivity contribution is -0.137. The number of H-pyrrole nitrogens is 1. The first-order chi connectivity index (χ1) is 20.3. The van der Waals surface area contributed by atoms with Crippen molar-refractivity contribution in [2.75, 3.05) is 34.2 Å². The fourth-order valence-electron chi connectivity index (χ4n) is 4.40. The van der Waals surface area contributed by atoms with Gasteiger partial charge in [0.05, 0.1) is 5.56 Å². The number of ether oxygens (including phenoxy) is 1. The highest BCUT2D eigenvalue weighted by Crippen LogP contribution is 2.47. The van der Waals surface area contributed by atoms with Gasteiger partial charge in [0.15, 0.2) is 0 Å². The number of likely N-dealkylation sites (N-methyl/N-ethyl adjacent to an activating group) is 1. The molecule has 1 aromatic heterocycles. The van der Waals surface area contributed by atoms with Crippen molar-refractivity contribution in [1.82, 2.24) is 14.8 Å². The Morgan fingerprint density at radius 2 is 1.67 bits per heavy atom. The van der Waals surface area contributed by atoms with E-state index >= 15 is 0 Å². The Morgan fingerprint density at radius 1 is 0.977 bits per heavy atom. The van der Waals surface area contributed by atoms with Gasteiger partial charge in [-0.15, -0.1) is 0 Å². The Labute approximate surface area is 247 Å². The number of nitrogens with one attached hydrogen (secondary N) is 1. The number of nitrogens with zero attached hydrogens (tertiary/aromatic N) is 2. The number of alkyl halides is 3. The molecule has 2 unspecified atom stereocenters. The van der Waals surface area contributed by atoms with Crippen LogP contribution in [0.15, 0.2) is 79.0 Å². The highest BCUT2D eigenvalue weighted by atomic mass is 31.2. The van der Waals surface area contributed by atoms with Crippen LogP contribution in [0.2, 0.25) is 0 Å². The van der Waals surface area contributed by atoms with Crippen molar-refractivity contribution in [3.05, 3.63) is 95.7 Å². The van der Waals surface area contributed by atoms with Crippen LogP contribution in [0.1, 0.15) is 29.2 Å². The number of benzene rings is 3. The summed E-state index contributed by atoms with van der Waals surface area (Å²) in [4.78, 5) is 29.5. The van der Waals surface area contributed by atoms with E-state index in [0.29, 0.717) is 17.3 Å². The summed E-state index contributed by atoms with van der Waals surface area (Å²) in [6.45, 7) is 0.769. The van der Waals surface area contributed by atoms with Gasteiger partial charge in [0, 0.05) is 43.7 Å². The van der Waals surface area contributed by atoms with Crippen LogP contribution >= 0.6 is 7.82 Å². The van der Waals surface area contributed by atoms with Crippen LogP contribution in [-0.2, 0) is 21.7 Å². The van der Waals surface area contributed by atoms with E-state index in [-0.39, 0.29) is 24.5 Å². The summed E-state index contributed by atoms with van der Waals surface area (Å²) >= 11 is 0. The number of halogens is 3. The second kappa shape index (κ2) is 13.5. The second-order valence-electron chi connectivity index (χ2n) is 10.2. The monoisotopic (exact) mass is 619 g/mol. The maximum Gasteiger partial charge on any atom is 0.588 e. The number of phosphoric ester groups is 1. The summed E-state index contributed by atoms with van der Waals surface area (Å²) in [5, 5.41) is 0.620. The Balaban J connectivity index is 1.41. The van der Waals surface area contributed by atoms with Gasteiger partial charge in [0.2, 0.25) is 0 Å². The Morgan fingerprint density at radius 3 is 2.33 bits per heavy atom. The van der Waals surface area contributed by atoms with Crippen LogP contribution in [0.4, 0.5) is 18.0 Å². The highest BCUT2D eigenvalue weighted by molar-refractivity contribution is 7.48. The first-order valence-corrected chi connectivity index (χ1v) is 14.9. The molecule has 0 radical (unpaired) electrons. The molecule has 0 saturated heterocycles. The topological polar surface area (TPSA) is 104 Å². The molecule has 4 aromatic rings. The molecular formula is C30H33F3N3O6P. The predicted octanol–water partition coefficient (Wildman–Crippen LogP) is 7.05. The van der Waals surface area contributed by atoms with E-state index in [4.69, 9.17) is 13.8 Å². The van der Waals surface area contributed by atoms with Gasteiger partial charge in [-0.1, -0.05) is 36.4 Å². The number of aromatic nitrogens is 1. The largest absolute Gasteiger partial charge is 0.588 e. The normalized spacial score (nSPS) is 13.9. The van der Waals surface area contributed by atoms with Crippen molar-refractivity contribution in [1.29, 1.82) is 0 Å². The molecule has 0 spiro atoms. The van der Waals surface area contributed by atoms with Gasteiger partial charge < -0.3 is 28.6 Å². The molecule has 3 aromatic carbocycles. The van der Waals surface area contributed by atoms with E-state index in [1.54, 1.807) is 48.7 Å². The highest BCUT2D eigenvalue weighted by Gasteiger charge is 2.32. The number of phosphoric acid groups is 1. The zero-order valence-corrected chi connectivity index (χ0v) is 24.8. The van der Waals surface area contributed by atoms with Crippen molar-refractivity contribution in [2.45, 2.75) is 25.1 Å². The summed E-state index contributed by atoms with van der Waals surface area (Å²) in [7, 11) is 0.379. The molecule has 0 aliphatic carbocycles. The van der Waals surface area contributed by atoms with Crippen molar-refractivity contribution in [2.24, 2.45) is 0 Å². The molecule has 2 atom stereocenters. The first-order valence-electron chi connectivity index (χ1n) is 13.4. The molecule has 0 saturated carbocycles. The smallest absolute Gasteiger partial charge is 0.486 e. The number of fused-ring (bicyclic) bond motifs is 1. The zero-order valence-electron chi connectivity index (χ0n) is 23.9. The number of aromatic amines is 1. The molecule has 230 valence electrons. The molecule has 13 heteroatoms. The van der Waals surface area contributed by atoms with Crippen LogP contribution in [0, 0.1) is 0 Å². The van der Waals surface area contributed by atoms with Crippen molar-refractivity contribution in [3.63, 3.8) is 0 Å². The maximum absolute atomic E-state index is 13.0. The third kappa shape index (κ3) is 8.76. The molecule has 1 heterocycles. The standard InChI is InChI=1S/C30H33F3N3O6P/c1-35(2)18-16-22-20-34-25-10-7-11-27(28(22)25)41-43(38,39)42-29(37)36(3)19-17-26(21-8-5-4-6-9-21)40-24-14-12-23(13-15-24)30(31,32)33/h4-15,20,26,34H,16-19H2,1-3H3,(H,38,39). The molecular weight excluding hydrogens is 586 g/mol. The Hall–Kier alpha value is -3.99. The second-order valence-corrected chi connectivity index (χ2v) is 11.5. The average molecular weight is 620 g/mol. The lowest BCUT2D eigenvalue weighted by Gasteiger charge is -2.24. The summed E-state index contributed by atoms with van der Waals surface area (Å²) in [6, 6.07) is 18.3. The summed E-state index contributed by atoms with van der Waals surface area (Å²) in [6.07, 6.45) is -3.55. The molecule has 0 fully saturated rings. The molecule has 43 heavy (non-hydrogen) atoms. The quantitative estimate of drug-likeness (QED) is 0.164. The third-order valence-corrected chi connectivity index (χ3v) is 7.47. The van der Waals surface area contributed by atoms with Gasteiger partial charge in [-0.3, -0.25) is 4.89 Å². The van der Waals surface area contributed by atoms with E-state index in [2.05, 4.69) is 4.98 Å². The van der Waals surface area contributed by atoms with E-state index in [9.17, 15) is 27.4 Å². The van der Waals surface area contributed by atoms with Crippen LogP contribution in [-0.4, -0.2) is 60.0 Å². The minimum absolute atomic E-state index is 0.0289. The fraction of sp³-hybridized carbons (Fsp3) is 0.300. The fourth-order valence-corrected chi connectivity index (χ4v) is 5.17. The van der Waals surface area contributed by atoms with Crippen LogP contribution in [0.3, 0.4) is 0 Å². The number of carbonyl (C=O) groups is 1. The van der Waals surface area contributed by atoms with Gasteiger partial charge >= 0.3 is 20.1 Å². The number of rotatable bonds is 12. The predicted molar refractivity (Wildman–Crippen MR) is 156 cm³/mol. The molecule has 9 nitrogen and oxygen atoms in total. The first kappa shape index (κ1) is 31.9. The minimum atomic E-state index is -4.88. The van der Waals surface area contributed by atoms with Gasteiger partial charge in [-0.05, 0) is 68.0 Å². The zero-order chi connectivity index (χ0) is 31.2. The van der Waals surface area contributed by atoms with Crippen molar-refractivity contribution >= 4 is 24.8 Å². The molecule has 4 rings (SSSR count). The molecule has 1 amide bonds. The molecule has 0 aliphatic heterocycles. The SMILES string of the molecule is CN(C)CCc1c[nH]c2cccc(OP(=O)(O)OC(=O)N(C)CCC(Oc3ccc(C(F)(F)F)cc3)c3ccccc3)c12. The van der Waals surface area contributed by atoms with Gasteiger partial charge in [-0.25, -0.2) is 9.36 Å². The van der Waals surface area contributed by atoms with Gasteiger partial charge in [0.25, 0.3) is 0 Å². The van der Waals surface area contributed by atoms with Gasteiger partial charge in [-0.2, -0.15) is 13.2 Å². The Kier molecular flexibility index (Phi) is 10.1. The van der Waals surface area contributed by atoms with E-state index in [1.807, 2.05) is 19.0 Å². The lowest BCUT2D eigenvalue weighted by Crippen LogP contribution is -2.29.